The Morgan fingerprint density at radius 1 is 1.07 bits per heavy atom. The lowest BCUT2D eigenvalue weighted by atomic mass is 10.0. The number of benzene rings is 1. The summed E-state index contributed by atoms with van der Waals surface area (Å²) in [6, 6.07) is 12.4. The molecule has 75 valence electrons. The van der Waals surface area contributed by atoms with E-state index in [0.717, 1.165) is 17.0 Å². The first kappa shape index (κ1) is 9.91. The van der Waals surface area contributed by atoms with Crippen LogP contribution in [0, 0.1) is 20.8 Å². The van der Waals surface area contributed by atoms with Crippen molar-refractivity contribution in [3.05, 3.63) is 60.3 Å². The van der Waals surface area contributed by atoms with Gasteiger partial charge in [-0.05, 0) is 38.0 Å². The lowest BCUT2D eigenvalue weighted by Gasteiger charge is -2.06. The van der Waals surface area contributed by atoms with E-state index in [1.54, 1.807) is 0 Å². The van der Waals surface area contributed by atoms with Crippen LogP contribution >= 0.6 is 0 Å². The third kappa shape index (κ3) is 2.07. The van der Waals surface area contributed by atoms with Crippen LogP contribution in [0.4, 0.5) is 0 Å². The van der Waals surface area contributed by atoms with E-state index in [1.165, 1.54) is 11.1 Å². The molecule has 1 heterocycles. The van der Waals surface area contributed by atoms with Gasteiger partial charge in [-0.15, -0.1) is 0 Å². The zero-order valence-electron chi connectivity index (χ0n) is 9.12. The van der Waals surface area contributed by atoms with E-state index in [9.17, 15) is 0 Å². The van der Waals surface area contributed by atoms with Crippen molar-refractivity contribution in [2.24, 2.45) is 0 Å². The van der Waals surface area contributed by atoms with Crippen LogP contribution in [0.2, 0.25) is 0 Å². The molecule has 1 aromatic carbocycles. The Morgan fingerprint density at radius 2 is 1.87 bits per heavy atom. The summed E-state index contributed by atoms with van der Waals surface area (Å²) in [7, 11) is 0. The van der Waals surface area contributed by atoms with Crippen molar-refractivity contribution >= 4 is 0 Å². The van der Waals surface area contributed by atoms with Crippen molar-refractivity contribution in [1.29, 1.82) is 0 Å². The standard InChI is InChI=1S/C14H14N/c1-10-5-4-6-13(9-10)14-8-7-11(2)15-12(14)3/h4-9H,1H2,2-3H3. The van der Waals surface area contributed by atoms with E-state index in [1.807, 2.05) is 32.0 Å². The molecule has 0 fully saturated rings. The van der Waals surface area contributed by atoms with E-state index < -0.39 is 0 Å². The molecule has 0 aliphatic carbocycles. The van der Waals surface area contributed by atoms with Gasteiger partial charge in [0.15, 0.2) is 0 Å². The topological polar surface area (TPSA) is 12.9 Å². The molecule has 1 heteroatoms. The minimum absolute atomic E-state index is 1.03. The Bertz CT molecular complexity index is 486. The molecular formula is C14H14N. The average molecular weight is 196 g/mol. The van der Waals surface area contributed by atoms with Gasteiger partial charge in [-0.2, -0.15) is 0 Å². The van der Waals surface area contributed by atoms with Gasteiger partial charge in [0.05, 0.1) is 0 Å². The van der Waals surface area contributed by atoms with Gasteiger partial charge in [-0.25, -0.2) is 0 Å². The molecule has 15 heavy (non-hydrogen) atoms. The second kappa shape index (κ2) is 3.85. The molecular weight excluding hydrogens is 182 g/mol. The van der Waals surface area contributed by atoms with Crippen LogP contribution in [0.1, 0.15) is 17.0 Å². The maximum absolute atomic E-state index is 4.46. The molecule has 2 rings (SSSR count). The highest BCUT2D eigenvalue weighted by Gasteiger charge is 2.02. The zero-order valence-corrected chi connectivity index (χ0v) is 9.12. The van der Waals surface area contributed by atoms with Gasteiger partial charge < -0.3 is 0 Å². The minimum Gasteiger partial charge on any atom is -0.258 e. The summed E-state index contributed by atoms with van der Waals surface area (Å²) in [5.41, 5.74) is 5.54. The Hall–Kier alpha value is -1.63. The Morgan fingerprint density at radius 3 is 2.53 bits per heavy atom. The van der Waals surface area contributed by atoms with Crippen LogP contribution in [0.3, 0.4) is 0 Å². The molecule has 0 atom stereocenters. The molecule has 0 unspecified atom stereocenters. The van der Waals surface area contributed by atoms with Crippen molar-refractivity contribution in [2.75, 3.05) is 0 Å². The van der Waals surface area contributed by atoms with Gasteiger partial charge in [0.2, 0.25) is 0 Å². The molecule has 0 N–H and O–H groups in total. The predicted octanol–water partition coefficient (Wildman–Crippen LogP) is 3.55. The molecule has 0 saturated carbocycles. The fraction of sp³-hybridized carbons (Fsp3) is 0.143. The lowest BCUT2D eigenvalue weighted by Crippen LogP contribution is -1.90. The molecule has 0 spiro atoms. The van der Waals surface area contributed by atoms with Gasteiger partial charge in [0, 0.05) is 17.0 Å². The van der Waals surface area contributed by atoms with Crippen LogP contribution in [0.5, 0.6) is 0 Å². The van der Waals surface area contributed by atoms with Crippen LogP contribution in [-0.2, 0) is 0 Å². The number of aryl methyl sites for hydroxylation is 2. The summed E-state index contributed by atoms with van der Waals surface area (Å²) >= 11 is 0. The monoisotopic (exact) mass is 196 g/mol. The highest BCUT2D eigenvalue weighted by Crippen LogP contribution is 2.22. The summed E-state index contributed by atoms with van der Waals surface area (Å²) in [5, 5.41) is 0. The predicted molar refractivity (Wildman–Crippen MR) is 63.6 cm³/mol. The normalized spacial score (nSPS) is 10.3. The molecule has 0 aliphatic rings. The fourth-order valence-corrected chi connectivity index (χ4v) is 1.73. The summed E-state index contributed by atoms with van der Waals surface area (Å²) in [6.07, 6.45) is 0. The molecule has 1 aromatic heterocycles. The number of pyridine rings is 1. The zero-order chi connectivity index (χ0) is 10.8. The van der Waals surface area contributed by atoms with Crippen molar-refractivity contribution in [3.63, 3.8) is 0 Å². The Kier molecular flexibility index (Phi) is 2.55. The molecule has 0 aliphatic heterocycles. The third-order valence-electron chi connectivity index (χ3n) is 2.46. The van der Waals surface area contributed by atoms with E-state index >= 15 is 0 Å². The van der Waals surface area contributed by atoms with E-state index in [-0.39, 0.29) is 0 Å². The summed E-state index contributed by atoms with van der Waals surface area (Å²) in [4.78, 5) is 4.46. The van der Waals surface area contributed by atoms with Crippen LogP contribution in [-0.4, -0.2) is 4.98 Å². The maximum Gasteiger partial charge on any atom is 0.0454 e. The molecule has 1 nitrogen and oxygen atoms in total. The largest absolute Gasteiger partial charge is 0.258 e. The molecule has 0 saturated heterocycles. The summed E-state index contributed by atoms with van der Waals surface area (Å²) < 4.78 is 0. The number of nitrogens with zero attached hydrogens (tertiary/aromatic N) is 1. The van der Waals surface area contributed by atoms with E-state index in [0.29, 0.717) is 0 Å². The second-order valence-electron chi connectivity index (χ2n) is 3.79. The summed E-state index contributed by atoms with van der Waals surface area (Å²) in [5.74, 6) is 0. The van der Waals surface area contributed by atoms with Crippen molar-refractivity contribution in [3.8, 4) is 11.1 Å². The van der Waals surface area contributed by atoms with Crippen molar-refractivity contribution < 1.29 is 0 Å². The average Bonchev–Trinajstić information content (AvgIpc) is 2.17. The first-order valence-corrected chi connectivity index (χ1v) is 5.03. The molecule has 1 radical (unpaired) electrons. The highest BCUT2D eigenvalue weighted by atomic mass is 14.7. The molecule has 0 amide bonds. The van der Waals surface area contributed by atoms with Gasteiger partial charge in [-0.3, -0.25) is 4.98 Å². The number of hydrogen-bond donors (Lipinski definition) is 0. The van der Waals surface area contributed by atoms with E-state index in [4.69, 9.17) is 0 Å². The first-order chi connectivity index (χ1) is 7.16. The third-order valence-corrected chi connectivity index (χ3v) is 2.46. The lowest BCUT2D eigenvalue weighted by molar-refractivity contribution is 1.13. The SMILES string of the molecule is [CH2]c1cccc(-c2ccc(C)nc2C)c1. The van der Waals surface area contributed by atoms with Crippen molar-refractivity contribution in [2.45, 2.75) is 13.8 Å². The van der Waals surface area contributed by atoms with Gasteiger partial charge in [-0.1, -0.05) is 30.3 Å². The molecule has 2 aromatic rings. The van der Waals surface area contributed by atoms with Crippen LogP contribution in [0.15, 0.2) is 36.4 Å². The number of rotatable bonds is 1. The second-order valence-corrected chi connectivity index (χ2v) is 3.79. The Balaban J connectivity index is 2.54. The van der Waals surface area contributed by atoms with Gasteiger partial charge in [0.1, 0.15) is 0 Å². The quantitative estimate of drug-likeness (QED) is 0.679. The van der Waals surface area contributed by atoms with Gasteiger partial charge in [0.25, 0.3) is 0 Å². The minimum atomic E-state index is 1.03. The maximum atomic E-state index is 4.46. The highest BCUT2D eigenvalue weighted by molar-refractivity contribution is 5.66. The van der Waals surface area contributed by atoms with Crippen LogP contribution < -0.4 is 0 Å². The smallest absolute Gasteiger partial charge is 0.0454 e. The van der Waals surface area contributed by atoms with Gasteiger partial charge >= 0.3 is 0 Å². The van der Waals surface area contributed by atoms with Crippen molar-refractivity contribution in [1.82, 2.24) is 4.98 Å². The number of hydrogen-bond acceptors (Lipinski definition) is 1. The number of aromatic nitrogens is 1. The summed E-state index contributed by atoms with van der Waals surface area (Å²) in [6.45, 7) is 7.98. The van der Waals surface area contributed by atoms with Crippen LogP contribution in [0.25, 0.3) is 11.1 Å². The molecule has 0 bridgehead atoms. The van der Waals surface area contributed by atoms with E-state index in [2.05, 4.69) is 30.1 Å². The first-order valence-electron chi connectivity index (χ1n) is 5.03. The Labute approximate surface area is 90.8 Å². The fourth-order valence-electron chi connectivity index (χ4n) is 1.73.